The van der Waals surface area contributed by atoms with Crippen LogP contribution in [0, 0.1) is 0 Å². The van der Waals surface area contributed by atoms with E-state index in [0.717, 1.165) is 0 Å². The Morgan fingerprint density at radius 3 is 2.61 bits per heavy atom. The predicted molar refractivity (Wildman–Crippen MR) is 83.4 cm³/mol. The first-order valence-corrected chi connectivity index (χ1v) is 6.99. The maximum atomic E-state index is 12.1. The summed E-state index contributed by atoms with van der Waals surface area (Å²) in [6, 6.07) is 9.65. The van der Waals surface area contributed by atoms with Gasteiger partial charge in [-0.3, -0.25) is 15.3 Å². The van der Waals surface area contributed by atoms with Crippen LogP contribution in [0.3, 0.4) is 0 Å². The van der Waals surface area contributed by atoms with Crippen molar-refractivity contribution in [3.8, 4) is 0 Å². The van der Waals surface area contributed by atoms with Crippen molar-refractivity contribution in [1.82, 2.24) is 0 Å². The molecular weight excluding hydrogens is 322 g/mol. The number of benzene rings is 1. The van der Waals surface area contributed by atoms with Crippen LogP contribution in [0.15, 0.2) is 48.8 Å². The summed E-state index contributed by atoms with van der Waals surface area (Å²) in [6.45, 7) is -0.0306. The molecule has 1 aromatic carbocycles. The van der Waals surface area contributed by atoms with Crippen molar-refractivity contribution in [3.05, 3.63) is 53.8 Å². The van der Waals surface area contributed by atoms with Crippen molar-refractivity contribution in [2.24, 2.45) is 0 Å². The number of pyridine rings is 1. The molecule has 0 aliphatic rings. The number of aromatic nitrogens is 1. The van der Waals surface area contributed by atoms with Gasteiger partial charge in [0, 0.05) is 12.1 Å². The summed E-state index contributed by atoms with van der Waals surface area (Å²) in [7, 11) is 1.23. The quantitative estimate of drug-likeness (QED) is 0.509. The summed E-state index contributed by atoms with van der Waals surface area (Å²) in [6.07, 6.45) is 2.75. The van der Waals surface area contributed by atoms with Crippen LogP contribution in [0.1, 0.15) is 0 Å². The topological polar surface area (TPSA) is 82.8 Å². The number of amides is 2. The first-order chi connectivity index (χ1) is 11.0. The van der Waals surface area contributed by atoms with Gasteiger partial charge in [-0.1, -0.05) is 17.7 Å². The molecule has 0 aliphatic carbocycles. The third kappa shape index (κ3) is 4.41. The lowest BCUT2D eigenvalue weighted by Gasteiger charge is -2.15. The average Bonchev–Trinajstić information content (AvgIpc) is 2.56. The number of anilines is 2. The third-order valence-electron chi connectivity index (χ3n) is 2.95. The summed E-state index contributed by atoms with van der Waals surface area (Å²) < 4.78 is 6.09. The van der Waals surface area contributed by atoms with Crippen LogP contribution in [0.5, 0.6) is 0 Å². The van der Waals surface area contributed by atoms with Gasteiger partial charge in [-0.2, -0.15) is 9.63 Å². The van der Waals surface area contributed by atoms with Crippen LogP contribution in [-0.4, -0.2) is 24.3 Å². The summed E-state index contributed by atoms with van der Waals surface area (Å²) in [5, 5.41) is 13.1. The Bertz CT molecular complexity index is 709. The molecule has 2 rings (SSSR count). The maximum Gasteiger partial charge on any atom is 0.411 e. The number of carbonyl (C=O) groups excluding carboxylic acids is 2. The monoisotopic (exact) mass is 336 g/mol. The highest BCUT2D eigenvalue weighted by atomic mass is 35.5. The zero-order valence-electron chi connectivity index (χ0n) is 12.3. The largest absolute Gasteiger partial charge is 0.453 e. The first-order valence-electron chi connectivity index (χ1n) is 6.61. The molecule has 0 radical (unpaired) electrons. The van der Waals surface area contributed by atoms with Gasteiger partial charge in [-0.15, -0.1) is 0 Å². The Balaban J connectivity index is 2.10. The normalized spacial score (nSPS) is 10.0. The standard InChI is InChI=1S/C15H14ClN3O4/c1-23-15(21)17-13-6-5-11(9-12(13)16)19(22)14(20)10-18-7-3-2-4-8-18/h2-9,22H,10H2,1H3/p+1. The number of rotatable bonds is 4. The van der Waals surface area contributed by atoms with E-state index in [0.29, 0.717) is 10.8 Å². The molecule has 1 aromatic heterocycles. The molecule has 0 atom stereocenters. The highest BCUT2D eigenvalue weighted by molar-refractivity contribution is 6.34. The van der Waals surface area contributed by atoms with Crippen LogP contribution in [0.2, 0.25) is 5.02 Å². The molecule has 8 heteroatoms. The highest BCUT2D eigenvalue weighted by Crippen LogP contribution is 2.27. The van der Waals surface area contributed by atoms with Gasteiger partial charge < -0.3 is 4.74 Å². The number of hydrogen-bond donors (Lipinski definition) is 2. The molecule has 0 spiro atoms. The molecular formula is C15H15ClN3O4+. The number of hydrogen-bond acceptors (Lipinski definition) is 4. The summed E-state index contributed by atoms with van der Waals surface area (Å²) in [5.41, 5.74) is 0.493. The predicted octanol–water partition coefficient (Wildman–Crippen LogP) is 2.23. The Morgan fingerprint density at radius 2 is 2.00 bits per heavy atom. The minimum atomic E-state index is -0.669. The number of ether oxygens (including phenoxy) is 1. The molecule has 7 nitrogen and oxygen atoms in total. The van der Waals surface area contributed by atoms with Crippen LogP contribution in [0.4, 0.5) is 16.2 Å². The fourth-order valence-corrected chi connectivity index (χ4v) is 2.03. The van der Waals surface area contributed by atoms with Crippen molar-refractivity contribution in [1.29, 1.82) is 0 Å². The lowest BCUT2D eigenvalue weighted by Crippen LogP contribution is -2.43. The molecule has 23 heavy (non-hydrogen) atoms. The van der Waals surface area contributed by atoms with Crippen molar-refractivity contribution in [3.63, 3.8) is 0 Å². The molecule has 0 bridgehead atoms. The third-order valence-corrected chi connectivity index (χ3v) is 3.26. The van der Waals surface area contributed by atoms with E-state index in [9.17, 15) is 14.8 Å². The minimum absolute atomic E-state index is 0.0306. The van der Waals surface area contributed by atoms with Gasteiger partial charge in [0.25, 0.3) is 0 Å². The molecule has 2 aromatic rings. The molecule has 0 unspecified atom stereocenters. The van der Waals surface area contributed by atoms with Crippen molar-refractivity contribution >= 4 is 35.0 Å². The van der Waals surface area contributed by atoms with E-state index in [1.807, 2.05) is 6.07 Å². The fourth-order valence-electron chi connectivity index (χ4n) is 1.81. The number of nitrogens with zero attached hydrogens (tertiary/aromatic N) is 2. The maximum absolute atomic E-state index is 12.1. The highest BCUT2D eigenvalue weighted by Gasteiger charge is 2.19. The number of halogens is 1. The molecule has 0 saturated heterocycles. The Labute approximate surface area is 137 Å². The smallest absolute Gasteiger partial charge is 0.411 e. The Morgan fingerprint density at radius 1 is 1.30 bits per heavy atom. The van der Waals surface area contributed by atoms with E-state index in [4.69, 9.17) is 11.6 Å². The second kappa shape index (κ2) is 7.57. The van der Waals surface area contributed by atoms with Gasteiger partial charge in [0.05, 0.1) is 23.5 Å². The molecule has 0 fully saturated rings. The lowest BCUT2D eigenvalue weighted by molar-refractivity contribution is -0.684. The zero-order valence-corrected chi connectivity index (χ0v) is 13.0. The van der Waals surface area contributed by atoms with Crippen LogP contribution in [0.25, 0.3) is 0 Å². The number of hydroxylamine groups is 1. The van der Waals surface area contributed by atoms with E-state index in [1.165, 1.54) is 25.3 Å². The minimum Gasteiger partial charge on any atom is -0.453 e. The average molecular weight is 337 g/mol. The zero-order chi connectivity index (χ0) is 16.8. The van der Waals surface area contributed by atoms with E-state index >= 15 is 0 Å². The van der Waals surface area contributed by atoms with Gasteiger partial charge in [-0.25, -0.2) is 4.79 Å². The van der Waals surface area contributed by atoms with Gasteiger partial charge in [-0.05, 0) is 18.2 Å². The summed E-state index contributed by atoms with van der Waals surface area (Å²) in [4.78, 5) is 23.2. The van der Waals surface area contributed by atoms with Crippen molar-refractivity contribution in [2.75, 3.05) is 17.5 Å². The second-order valence-corrected chi connectivity index (χ2v) is 4.94. The summed E-state index contributed by atoms with van der Waals surface area (Å²) in [5.74, 6) is -0.536. The van der Waals surface area contributed by atoms with Gasteiger partial charge >= 0.3 is 12.0 Å². The molecule has 0 saturated carbocycles. The SMILES string of the molecule is COC(=O)Nc1ccc(N(O)C(=O)C[n+]2ccccc2)cc1Cl. The van der Waals surface area contributed by atoms with Crippen LogP contribution >= 0.6 is 11.6 Å². The lowest BCUT2D eigenvalue weighted by atomic mass is 10.2. The van der Waals surface area contributed by atoms with E-state index < -0.39 is 12.0 Å². The van der Waals surface area contributed by atoms with Crippen molar-refractivity contribution in [2.45, 2.75) is 6.54 Å². The fraction of sp³-hybridized carbons (Fsp3) is 0.133. The van der Waals surface area contributed by atoms with E-state index in [1.54, 1.807) is 29.1 Å². The Hall–Kier alpha value is -2.64. The van der Waals surface area contributed by atoms with Crippen LogP contribution in [-0.2, 0) is 16.1 Å². The van der Waals surface area contributed by atoms with E-state index in [-0.39, 0.29) is 17.3 Å². The van der Waals surface area contributed by atoms with Gasteiger partial charge in [0.2, 0.25) is 6.54 Å². The molecule has 2 N–H and O–H groups in total. The number of nitrogens with one attached hydrogen (secondary N) is 1. The summed E-state index contributed by atoms with van der Waals surface area (Å²) >= 11 is 6.01. The van der Waals surface area contributed by atoms with Gasteiger partial charge in [0.15, 0.2) is 12.4 Å². The van der Waals surface area contributed by atoms with Crippen LogP contribution < -0.4 is 14.9 Å². The number of carbonyl (C=O) groups is 2. The van der Waals surface area contributed by atoms with E-state index in [2.05, 4.69) is 10.1 Å². The first kappa shape index (κ1) is 16.7. The molecule has 1 heterocycles. The second-order valence-electron chi connectivity index (χ2n) is 4.53. The van der Waals surface area contributed by atoms with Gasteiger partial charge in [0.1, 0.15) is 0 Å². The molecule has 2 amide bonds. The van der Waals surface area contributed by atoms with Crippen molar-refractivity contribution < 1.29 is 24.1 Å². The Kier molecular flexibility index (Phi) is 5.51. The molecule has 0 aliphatic heterocycles. The molecule has 120 valence electrons. The number of methoxy groups -OCH3 is 1.